The Hall–Kier alpha value is -1.36. The lowest BCUT2D eigenvalue weighted by Crippen LogP contribution is -2.15. The number of nitrogens with one attached hydrogen (secondary N) is 1. The Balaban J connectivity index is 0.000000531. The second kappa shape index (κ2) is 5.50. The topological polar surface area (TPSA) is 58.4 Å². The van der Waals surface area contributed by atoms with Crippen LogP contribution >= 0.6 is 12.1 Å². The van der Waals surface area contributed by atoms with Crippen LogP contribution in [0, 0.1) is 0 Å². The Labute approximate surface area is 94.1 Å². The standard InChI is InChI=1S/C8H9N3OS.C2H6/c9-6-1-3-7(4-2-6)11-5-8(12)10-13-11;1-2/h1-4H,5,9H2,(H,10,12);1-2H3. The van der Waals surface area contributed by atoms with Crippen LogP contribution in [0.3, 0.4) is 0 Å². The number of nitrogens with zero attached hydrogens (tertiary/aromatic N) is 1. The first-order valence-electron chi connectivity index (χ1n) is 4.84. The molecule has 1 amide bonds. The molecule has 1 aromatic rings. The molecule has 5 heteroatoms. The van der Waals surface area contributed by atoms with Gasteiger partial charge in [0.25, 0.3) is 5.91 Å². The molecule has 15 heavy (non-hydrogen) atoms. The highest BCUT2D eigenvalue weighted by Gasteiger charge is 2.19. The highest BCUT2D eigenvalue weighted by atomic mass is 32.2. The first-order valence-corrected chi connectivity index (χ1v) is 5.62. The Morgan fingerprint density at radius 1 is 1.33 bits per heavy atom. The van der Waals surface area contributed by atoms with Crippen LogP contribution in [-0.2, 0) is 4.79 Å². The van der Waals surface area contributed by atoms with Gasteiger partial charge in [0.1, 0.15) is 6.54 Å². The maximum absolute atomic E-state index is 10.9. The van der Waals surface area contributed by atoms with E-state index in [1.807, 2.05) is 42.4 Å². The lowest BCUT2D eigenvalue weighted by Gasteiger charge is -2.12. The maximum Gasteiger partial charge on any atom is 0.251 e. The van der Waals surface area contributed by atoms with Crippen molar-refractivity contribution in [2.45, 2.75) is 13.8 Å². The van der Waals surface area contributed by atoms with Crippen LogP contribution in [0.25, 0.3) is 0 Å². The molecule has 0 saturated carbocycles. The van der Waals surface area contributed by atoms with Crippen molar-refractivity contribution in [2.75, 3.05) is 16.6 Å². The van der Waals surface area contributed by atoms with Gasteiger partial charge in [0.2, 0.25) is 0 Å². The molecule has 1 heterocycles. The van der Waals surface area contributed by atoms with Gasteiger partial charge in [0, 0.05) is 11.4 Å². The van der Waals surface area contributed by atoms with Gasteiger partial charge in [-0.1, -0.05) is 13.8 Å². The molecule has 0 aromatic heterocycles. The summed E-state index contributed by atoms with van der Waals surface area (Å²) in [5.41, 5.74) is 7.26. The average molecular weight is 225 g/mol. The number of amides is 1. The van der Waals surface area contributed by atoms with Crippen molar-refractivity contribution in [3.63, 3.8) is 0 Å². The number of rotatable bonds is 1. The largest absolute Gasteiger partial charge is 0.399 e. The normalized spacial score (nSPS) is 14.3. The number of hydrogen-bond donors (Lipinski definition) is 2. The number of nitrogen functional groups attached to an aromatic ring is 1. The summed E-state index contributed by atoms with van der Waals surface area (Å²) in [5.74, 6) is 0.0295. The first kappa shape index (κ1) is 11.7. The van der Waals surface area contributed by atoms with Crippen molar-refractivity contribution in [3.8, 4) is 0 Å². The number of benzene rings is 1. The summed E-state index contributed by atoms with van der Waals surface area (Å²) in [6.45, 7) is 4.40. The van der Waals surface area contributed by atoms with E-state index in [4.69, 9.17) is 5.73 Å². The fraction of sp³-hybridized carbons (Fsp3) is 0.300. The summed E-state index contributed by atoms with van der Waals surface area (Å²) in [6.07, 6.45) is 0. The summed E-state index contributed by atoms with van der Waals surface area (Å²) < 4.78 is 4.53. The fourth-order valence-corrected chi connectivity index (χ4v) is 1.77. The highest BCUT2D eigenvalue weighted by Crippen LogP contribution is 2.24. The zero-order chi connectivity index (χ0) is 11.3. The van der Waals surface area contributed by atoms with E-state index in [0.717, 1.165) is 11.4 Å². The summed E-state index contributed by atoms with van der Waals surface area (Å²) >= 11 is 1.30. The van der Waals surface area contributed by atoms with Gasteiger partial charge >= 0.3 is 0 Å². The van der Waals surface area contributed by atoms with Gasteiger partial charge in [-0.3, -0.25) is 13.8 Å². The van der Waals surface area contributed by atoms with Gasteiger partial charge in [-0.2, -0.15) is 0 Å². The molecule has 1 aliphatic heterocycles. The number of carbonyl (C=O) groups is 1. The third-order valence-corrected chi connectivity index (χ3v) is 2.62. The highest BCUT2D eigenvalue weighted by molar-refractivity contribution is 7.99. The molecule has 0 radical (unpaired) electrons. The Morgan fingerprint density at radius 3 is 2.40 bits per heavy atom. The second-order valence-electron chi connectivity index (χ2n) is 2.74. The van der Waals surface area contributed by atoms with Gasteiger partial charge in [0.15, 0.2) is 0 Å². The van der Waals surface area contributed by atoms with E-state index in [-0.39, 0.29) is 5.91 Å². The second-order valence-corrected chi connectivity index (χ2v) is 3.57. The Kier molecular flexibility index (Phi) is 4.30. The third kappa shape index (κ3) is 3.06. The molecule has 1 fully saturated rings. The van der Waals surface area contributed by atoms with E-state index in [1.54, 1.807) is 0 Å². The van der Waals surface area contributed by atoms with E-state index in [1.165, 1.54) is 12.1 Å². The summed E-state index contributed by atoms with van der Waals surface area (Å²) in [4.78, 5) is 10.9. The zero-order valence-electron chi connectivity index (χ0n) is 8.86. The molecule has 1 aromatic carbocycles. The van der Waals surface area contributed by atoms with Crippen LogP contribution < -0.4 is 14.8 Å². The molecular weight excluding hydrogens is 210 g/mol. The predicted molar refractivity (Wildman–Crippen MR) is 65.3 cm³/mol. The van der Waals surface area contributed by atoms with Gasteiger partial charge in [-0.15, -0.1) is 0 Å². The van der Waals surface area contributed by atoms with Crippen LogP contribution in [-0.4, -0.2) is 12.5 Å². The molecule has 4 nitrogen and oxygen atoms in total. The fourth-order valence-electron chi connectivity index (χ4n) is 1.09. The van der Waals surface area contributed by atoms with Gasteiger partial charge in [-0.05, 0) is 24.3 Å². The molecule has 3 N–H and O–H groups in total. The predicted octanol–water partition coefficient (Wildman–Crippen LogP) is 1.79. The third-order valence-electron chi connectivity index (χ3n) is 1.74. The zero-order valence-corrected chi connectivity index (χ0v) is 9.67. The van der Waals surface area contributed by atoms with Crippen LogP contribution in [0.4, 0.5) is 11.4 Å². The summed E-state index contributed by atoms with van der Waals surface area (Å²) in [7, 11) is 0. The number of anilines is 2. The lowest BCUT2D eigenvalue weighted by molar-refractivity contribution is -0.117. The molecule has 1 saturated heterocycles. The number of hydrogen-bond acceptors (Lipinski definition) is 4. The Bertz CT molecular complexity index is 326. The van der Waals surface area contributed by atoms with Gasteiger partial charge in [-0.25, -0.2) is 0 Å². The minimum absolute atomic E-state index is 0.0295. The lowest BCUT2D eigenvalue weighted by atomic mass is 10.3. The van der Waals surface area contributed by atoms with E-state index >= 15 is 0 Å². The van der Waals surface area contributed by atoms with Crippen molar-refractivity contribution in [1.82, 2.24) is 4.72 Å². The minimum Gasteiger partial charge on any atom is -0.399 e. The summed E-state index contributed by atoms with van der Waals surface area (Å²) in [6, 6.07) is 7.42. The smallest absolute Gasteiger partial charge is 0.251 e. The minimum atomic E-state index is 0.0295. The van der Waals surface area contributed by atoms with Crippen molar-refractivity contribution >= 4 is 29.4 Å². The van der Waals surface area contributed by atoms with Gasteiger partial charge in [0.05, 0.1) is 12.1 Å². The van der Waals surface area contributed by atoms with Crippen LogP contribution in [0.1, 0.15) is 13.8 Å². The van der Waals surface area contributed by atoms with Crippen LogP contribution in [0.5, 0.6) is 0 Å². The SMILES string of the molecule is CC.Nc1ccc(N2CC(=O)NS2)cc1. The molecular formula is C10H15N3OS. The van der Waals surface area contributed by atoms with Crippen molar-refractivity contribution in [1.29, 1.82) is 0 Å². The number of carbonyl (C=O) groups excluding carboxylic acids is 1. The van der Waals surface area contributed by atoms with Crippen molar-refractivity contribution in [2.24, 2.45) is 0 Å². The molecule has 82 valence electrons. The molecule has 0 aliphatic carbocycles. The molecule has 1 aliphatic rings. The first-order chi connectivity index (χ1) is 7.25. The van der Waals surface area contributed by atoms with Crippen LogP contribution in [0.15, 0.2) is 24.3 Å². The van der Waals surface area contributed by atoms with E-state index in [2.05, 4.69) is 4.72 Å². The molecule has 0 bridgehead atoms. The van der Waals surface area contributed by atoms with Crippen molar-refractivity contribution < 1.29 is 4.79 Å². The van der Waals surface area contributed by atoms with Crippen LogP contribution in [0.2, 0.25) is 0 Å². The molecule has 0 spiro atoms. The quantitative estimate of drug-likeness (QED) is 0.565. The number of nitrogens with two attached hydrogens (primary N) is 1. The summed E-state index contributed by atoms with van der Waals surface area (Å²) in [5, 5.41) is 0. The maximum atomic E-state index is 10.9. The Morgan fingerprint density at radius 2 is 1.93 bits per heavy atom. The van der Waals surface area contributed by atoms with E-state index < -0.39 is 0 Å². The van der Waals surface area contributed by atoms with Crippen molar-refractivity contribution in [3.05, 3.63) is 24.3 Å². The monoisotopic (exact) mass is 225 g/mol. The van der Waals surface area contributed by atoms with E-state index in [0.29, 0.717) is 6.54 Å². The molecule has 0 unspecified atom stereocenters. The van der Waals surface area contributed by atoms with Gasteiger partial charge < -0.3 is 5.73 Å². The van der Waals surface area contributed by atoms with E-state index in [9.17, 15) is 4.79 Å². The average Bonchev–Trinajstić information content (AvgIpc) is 2.69. The molecule has 0 atom stereocenters. The molecule has 2 rings (SSSR count).